The summed E-state index contributed by atoms with van der Waals surface area (Å²) >= 11 is 0. The van der Waals surface area contributed by atoms with Crippen LogP contribution in [0.15, 0.2) is 12.2 Å². The average molecular weight is 435 g/mol. The maximum absolute atomic E-state index is 13.8. The second-order valence-electron chi connectivity index (χ2n) is 7.91. The van der Waals surface area contributed by atoms with Crippen LogP contribution in [0, 0.1) is 5.41 Å². The lowest BCUT2D eigenvalue weighted by Crippen LogP contribution is -2.62. The summed E-state index contributed by atoms with van der Waals surface area (Å²) < 4.78 is 87.7. The van der Waals surface area contributed by atoms with E-state index in [-0.39, 0.29) is 30.6 Å². The van der Waals surface area contributed by atoms with E-state index in [1.54, 1.807) is 34.6 Å². The van der Waals surface area contributed by atoms with Crippen molar-refractivity contribution in [1.29, 1.82) is 0 Å². The molecule has 9 heteroatoms. The fraction of sp³-hybridized carbons (Fsp3) is 0.842. The van der Waals surface area contributed by atoms with Gasteiger partial charge in [-0.25, -0.2) is 0 Å². The number of alkyl halides is 6. The zero-order valence-corrected chi connectivity index (χ0v) is 18.3. The number of halogens is 6. The van der Waals surface area contributed by atoms with Crippen molar-refractivity contribution in [3.63, 3.8) is 0 Å². The van der Waals surface area contributed by atoms with E-state index < -0.39 is 31.7 Å². The van der Waals surface area contributed by atoms with Crippen LogP contribution < -0.4 is 0 Å². The van der Waals surface area contributed by atoms with Crippen molar-refractivity contribution in [2.45, 2.75) is 96.4 Å². The lowest BCUT2D eigenvalue weighted by molar-refractivity contribution is -0.341. The van der Waals surface area contributed by atoms with Crippen LogP contribution in [-0.2, 0) is 9.22 Å². The number of hydrogen-bond donors (Lipinski definition) is 0. The van der Waals surface area contributed by atoms with Crippen LogP contribution in [0.3, 0.4) is 0 Å². The molecular formula is C19H32F6O2Si. The Hall–Kier alpha value is -0.833. The van der Waals surface area contributed by atoms with Crippen molar-refractivity contribution in [1.82, 2.24) is 0 Å². The molecular weight excluding hydrogens is 402 g/mol. The predicted octanol–water partition coefficient (Wildman–Crippen LogP) is 7.21. The Morgan fingerprint density at radius 2 is 1.36 bits per heavy atom. The number of carbonyl (C=O) groups is 1. The number of allylic oxidation sites excluding steroid dienone is 1. The smallest absolute Gasteiger partial charge is 0.393 e. The molecule has 0 atom stereocenters. The third-order valence-electron chi connectivity index (χ3n) is 5.35. The second-order valence-corrected chi connectivity index (χ2v) is 12.6. The molecule has 0 aliphatic rings. The fourth-order valence-corrected chi connectivity index (χ4v) is 6.03. The molecule has 0 amide bonds. The van der Waals surface area contributed by atoms with Crippen molar-refractivity contribution in [3.05, 3.63) is 12.2 Å². The highest BCUT2D eigenvalue weighted by molar-refractivity contribution is 6.73. The summed E-state index contributed by atoms with van der Waals surface area (Å²) in [5.41, 5.74) is -4.83. The summed E-state index contributed by atoms with van der Waals surface area (Å²) in [5, 5.41) is 0. The Morgan fingerprint density at radius 1 is 0.893 bits per heavy atom. The molecule has 0 N–H and O–H groups in total. The van der Waals surface area contributed by atoms with Crippen molar-refractivity contribution >= 4 is 14.6 Å². The lowest BCUT2D eigenvalue weighted by atomic mass is 9.83. The molecule has 0 aliphatic carbocycles. The first kappa shape index (κ1) is 27.2. The van der Waals surface area contributed by atoms with Crippen molar-refractivity contribution in [3.8, 4) is 0 Å². The van der Waals surface area contributed by atoms with E-state index in [1.807, 2.05) is 0 Å². The SMILES string of the molecule is CC[Si](CC)(CC)OC(/C=C\CC(C)(C)CCCC=O)(C(F)(F)F)C(F)(F)F. The zero-order chi connectivity index (χ0) is 22.3. The van der Waals surface area contributed by atoms with Gasteiger partial charge in [0.25, 0.3) is 5.60 Å². The van der Waals surface area contributed by atoms with E-state index in [1.165, 1.54) is 0 Å². The summed E-state index contributed by atoms with van der Waals surface area (Å²) in [7, 11) is -3.22. The summed E-state index contributed by atoms with van der Waals surface area (Å²) in [6.45, 7) is 8.23. The normalized spacial score (nSPS) is 14.7. The minimum absolute atomic E-state index is 0.0159. The van der Waals surface area contributed by atoms with Crippen LogP contribution in [0.25, 0.3) is 0 Å². The first-order chi connectivity index (χ1) is 12.7. The molecule has 2 nitrogen and oxygen atoms in total. The number of unbranched alkanes of at least 4 members (excludes halogenated alkanes) is 1. The highest BCUT2D eigenvalue weighted by atomic mass is 28.4. The molecule has 0 bridgehead atoms. The largest absolute Gasteiger partial charge is 0.429 e. The molecule has 0 saturated heterocycles. The van der Waals surface area contributed by atoms with Crippen LogP contribution in [0.5, 0.6) is 0 Å². The highest BCUT2D eigenvalue weighted by Gasteiger charge is 2.72. The summed E-state index contributed by atoms with van der Waals surface area (Å²) in [5.74, 6) is 0. The van der Waals surface area contributed by atoms with E-state index in [0.717, 1.165) is 12.4 Å². The van der Waals surface area contributed by atoms with Gasteiger partial charge in [0.15, 0.2) is 8.32 Å². The quantitative estimate of drug-likeness (QED) is 0.107. The van der Waals surface area contributed by atoms with E-state index in [4.69, 9.17) is 4.43 Å². The van der Waals surface area contributed by atoms with Crippen LogP contribution in [0.4, 0.5) is 26.3 Å². The van der Waals surface area contributed by atoms with Gasteiger partial charge in [-0.3, -0.25) is 0 Å². The van der Waals surface area contributed by atoms with Gasteiger partial charge in [-0.1, -0.05) is 40.7 Å². The van der Waals surface area contributed by atoms with Crippen LogP contribution >= 0.6 is 0 Å². The number of aldehydes is 1. The lowest BCUT2D eigenvalue weighted by Gasteiger charge is -2.42. The molecule has 0 aromatic carbocycles. The Kier molecular flexibility index (Phi) is 9.97. The molecule has 0 unspecified atom stereocenters. The average Bonchev–Trinajstić information content (AvgIpc) is 2.56. The Bertz CT molecular complexity index is 485. The molecule has 0 saturated carbocycles. The molecule has 0 radical (unpaired) electrons. The molecule has 0 aromatic heterocycles. The minimum Gasteiger partial charge on any atom is -0.393 e. The Morgan fingerprint density at radius 3 is 1.71 bits per heavy atom. The molecule has 0 rings (SSSR count). The molecule has 28 heavy (non-hydrogen) atoms. The molecule has 0 aromatic rings. The van der Waals surface area contributed by atoms with E-state index in [2.05, 4.69) is 0 Å². The van der Waals surface area contributed by atoms with Gasteiger partial charge in [0.2, 0.25) is 0 Å². The number of rotatable bonds is 12. The van der Waals surface area contributed by atoms with Gasteiger partial charge < -0.3 is 9.22 Å². The van der Waals surface area contributed by atoms with Gasteiger partial charge in [-0.05, 0) is 48.9 Å². The monoisotopic (exact) mass is 434 g/mol. The standard InChI is InChI=1S/C19H32F6O2Si/c1-6-28(7-2,8-3)27-17(18(20,21)22,19(23,24)25)14-11-13-16(4,5)12-9-10-15-26/h11,14-15H,6-10,12-13H2,1-5H3/b14-11-. The molecule has 0 aliphatic heterocycles. The second kappa shape index (κ2) is 10.3. The van der Waals surface area contributed by atoms with Gasteiger partial charge in [-0.2, -0.15) is 26.3 Å². The number of carbonyl (C=O) groups excluding carboxylic acids is 1. The minimum atomic E-state index is -5.62. The summed E-state index contributed by atoms with van der Waals surface area (Å²) in [4.78, 5) is 10.4. The van der Waals surface area contributed by atoms with Gasteiger partial charge in [-0.15, -0.1) is 0 Å². The van der Waals surface area contributed by atoms with Crippen molar-refractivity contribution in [2.75, 3.05) is 0 Å². The molecule has 0 heterocycles. The van der Waals surface area contributed by atoms with Crippen LogP contribution in [0.1, 0.15) is 60.3 Å². The molecule has 166 valence electrons. The maximum atomic E-state index is 13.8. The topological polar surface area (TPSA) is 26.3 Å². The zero-order valence-electron chi connectivity index (χ0n) is 17.3. The maximum Gasteiger partial charge on any atom is 0.429 e. The van der Waals surface area contributed by atoms with Crippen LogP contribution in [0.2, 0.25) is 18.1 Å². The van der Waals surface area contributed by atoms with Gasteiger partial charge in [0.05, 0.1) is 0 Å². The Labute approximate surface area is 164 Å². The van der Waals surface area contributed by atoms with E-state index >= 15 is 0 Å². The van der Waals surface area contributed by atoms with Crippen LogP contribution in [-0.4, -0.2) is 32.6 Å². The molecule has 0 fully saturated rings. The Balaban J connectivity index is 5.96. The van der Waals surface area contributed by atoms with E-state index in [0.29, 0.717) is 19.3 Å². The number of hydrogen-bond acceptors (Lipinski definition) is 2. The third kappa shape index (κ3) is 6.90. The summed E-state index contributed by atoms with van der Waals surface area (Å²) in [6.07, 6.45) is -8.04. The van der Waals surface area contributed by atoms with Crippen molar-refractivity contribution in [2.24, 2.45) is 5.41 Å². The highest BCUT2D eigenvalue weighted by Crippen LogP contribution is 2.50. The first-order valence-corrected chi connectivity index (χ1v) is 12.1. The fourth-order valence-electron chi connectivity index (χ4n) is 3.12. The molecule has 0 spiro atoms. The van der Waals surface area contributed by atoms with E-state index in [9.17, 15) is 31.1 Å². The van der Waals surface area contributed by atoms with Gasteiger partial charge in [0.1, 0.15) is 6.29 Å². The van der Waals surface area contributed by atoms with Gasteiger partial charge in [0, 0.05) is 6.42 Å². The predicted molar refractivity (Wildman–Crippen MR) is 101 cm³/mol. The first-order valence-electron chi connectivity index (χ1n) is 9.61. The van der Waals surface area contributed by atoms with Gasteiger partial charge >= 0.3 is 12.4 Å². The third-order valence-corrected chi connectivity index (χ3v) is 9.97. The summed E-state index contributed by atoms with van der Waals surface area (Å²) in [6, 6.07) is 0.497. The van der Waals surface area contributed by atoms with Crippen molar-refractivity contribution < 1.29 is 35.6 Å².